The van der Waals surface area contributed by atoms with Gasteiger partial charge in [-0.3, -0.25) is 0 Å². The van der Waals surface area contributed by atoms with Gasteiger partial charge in [-0.25, -0.2) is 0 Å². The summed E-state index contributed by atoms with van der Waals surface area (Å²) in [7, 11) is 3.96. The number of carbonyl (C=O) groups is 1. The van der Waals surface area contributed by atoms with Crippen molar-refractivity contribution >= 4 is 6.16 Å². The molecule has 19 heavy (non-hydrogen) atoms. The number of ether oxygens (including phenoxy) is 3. The number of methoxy groups -OCH3 is 1. The van der Waals surface area contributed by atoms with E-state index in [9.17, 15) is 9.90 Å². The third-order valence-electron chi connectivity index (χ3n) is 3.00. The molecule has 0 saturated heterocycles. The number of carbonyl (C=O) groups excluding carboxylic acids is 1. The van der Waals surface area contributed by atoms with Crippen LogP contribution in [-0.2, 0) is 14.2 Å². The van der Waals surface area contributed by atoms with Gasteiger partial charge < -0.3 is 28.6 Å². The van der Waals surface area contributed by atoms with E-state index < -0.39 is 6.16 Å². The second-order valence-electron chi connectivity index (χ2n) is 4.26. The Kier molecular flexibility index (Phi) is 14.6. The summed E-state index contributed by atoms with van der Waals surface area (Å²) in [6.07, 6.45) is -1.46. The van der Waals surface area contributed by atoms with Crippen molar-refractivity contribution in [2.75, 3.05) is 60.2 Å². The van der Waals surface area contributed by atoms with Gasteiger partial charge in [0.05, 0.1) is 40.0 Å². The Hall–Kier alpha value is -0.850. The molecule has 116 valence electrons. The van der Waals surface area contributed by atoms with Crippen LogP contribution >= 0.6 is 0 Å². The Morgan fingerprint density at radius 3 is 2.00 bits per heavy atom. The van der Waals surface area contributed by atoms with E-state index in [-0.39, 0.29) is 6.61 Å². The number of hydrogen-bond acceptors (Lipinski definition) is 5. The highest BCUT2D eigenvalue weighted by Gasteiger charge is 2.15. The summed E-state index contributed by atoms with van der Waals surface area (Å²) in [4.78, 5) is 9.27. The standard InChI is InChI=1S/C10H24NO2.C3H6O3/c1-5-11(3,6-2)7-8-13-10-9-12-4;1-2-6-3(4)5/h5-10H2,1-4H3;2H2,1H3,(H,4,5)/q+1;/p-1. The summed E-state index contributed by atoms with van der Waals surface area (Å²) in [6, 6.07) is 0. The molecule has 0 radical (unpaired) electrons. The van der Waals surface area contributed by atoms with Crippen LogP contribution in [0.1, 0.15) is 20.8 Å². The molecule has 0 N–H and O–H groups in total. The molecule has 0 aromatic carbocycles. The first-order chi connectivity index (χ1) is 8.95. The number of likely N-dealkylation sites (N-methyl/N-ethyl adjacent to an activating group) is 1. The second kappa shape index (κ2) is 13.6. The number of quaternary nitrogens is 1. The molecule has 0 aliphatic rings. The van der Waals surface area contributed by atoms with Gasteiger partial charge in [0.2, 0.25) is 0 Å². The van der Waals surface area contributed by atoms with Crippen LogP contribution in [0.25, 0.3) is 0 Å². The molecular formula is C13H29NO5. The average molecular weight is 279 g/mol. The lowest BCUT2D eigenvalue weighted by Crippen LogP contribution is -2.45. The molecule has 0 aromatic heterocycles. The van der Waals surface area contributed by atoms with Crippen LogP contribution in [0, 0.1) is 0 Å². The lowest BCUT2D eigenvalue weighted by Gasteiger charge is -2.31. The zero-order valence-electron chi connectivity index (χ0n) is 12.9. The van der Waals surface area contributed by atoms with Crippen molar-refractivity contribution in [1.29, 1.82) is 0 Å². The van der Waals surface area contributed by atoms with Crippen molar-refractivity contribution in [2.24, 2.45) is 0 Å². The van der Waals surface area contributed by atoms with Gasteiger partial charge in [0.1, 0.15) is 6.54 Å². The van der Waals surface area contributed by atoms with Gasteiger partial charge in [-0.15, -0.1) is 0 Å². The van der Waals surface area contributed by atoms with Gasteiger partial charge in [0, 0.05) is 13.7 Å². The summed E-state index contributed by atoms with van der Waals surface area (Å²) in [5.41, 5.74) is 0. The SMILES string of the molecule is CCOC(=O)[O-].CC[N+](C)(CC)CCOCCOC. The third-order valence-corrected chi connectivity index (χ3v) is 3.00. The molecule has 0 aromatic rings. The molecule has 0 unspecified atom stereocenters. The molecule has 0 bridgehead atoms. The molecule has 0 atom stereocenters. The predicted octanol–water partition coefficient (Wildman–Crippen LogP) is 0.502. The van der Waals surface area contributed by atoms with Crippen LogP contribution in [0.2, 0.25) is 0 Å². The summed E-state index contributed by atoms with van der Waals surface area (Å²) in [5, 5.41) is 9.27. The largest absolute Gasteiger partial charge is 0.550 e. The lowest BCUT2D eigenvalue weighted by atomic mass is 10.4. The van der Waals surface area contributed by atoms with Crippen LogP contribution in [-0.4, -0.2) is 70.9 Å². The minimum absolute atomic E-state index is 0.169. The van der Waals surface area contributed by atoms with E-state index >= 15 is 0 Å². The minimum Gasteiger partial charge on any atom is -0.550 e. The highest BCUT2D eigenvalue weighted by Crippen LogP contribution is 1.99. The van der Waals surface area contributed by atoms with E-state index in [2.05, 4.69) is 25.6 Å². The predicted molar refractivity (Wildman–Crippen MR) is 71.9 cm³/mol. The zero-order valence-corrected chi connectivity index (χ0v) is 12.9. The van der Waals surface area contributed by atoms with Crippen molar-refractivity contribution in [3.05, 3.63) is 0 Å². The Balaban J connectivity index is 0. The summed E-state index contributed by atoms with van der Waals surface area (Å²) in [5.74, 6) is 0. The van der Waals surface area contributed by atoms with E-state index in [0.29, 0.717) is 13.2 Å². The molecule has 0 heterocycles. The number of nitrogens with zero attached hydrogens (tertiary/aromatic N) is 1. The fraction of sp³-hybridized carbons (Fsp3) is 0.923. The highest BCUT2D eigenvalue weighted by atomic mass is 16.7. The third kappa shape index (κ3) is 15.1. The first-order valence-electron chi connectivity index (χ1n) is 6.69. The molecule has 0 spiro atoms. The normalized spacial score (nSPS) is 10.6. The van der Waals surface area contributed by atoms with E-state index in [0.717, 1.165) is 17.6 Å². The summed E-state index contributed by atoms with van der Waals surface area (Å²) < 4.78 is 15.3. The van der Waals surface area contributed by atoms with Crippen molar-refractivity contribution in [3.8, 4) is 0 Å². The van der Waals surface area contributed by atoms with Gasteiger partial charge in [-0.05, 0) is 20.8 Å². The van der Waals surface area contributed by atoms with Crippen LogP contribution in [0.5, 0.6) is 0 Å². The van der Waals surface area contributed by atoms with E-state index in [1.807, 2.05) is 0 Å². The quantitative estimate of drug-likeness (QED) is 0.349. The molecular weight excluding hydrogens is 250 g/mol. The molecule has 6 heteroatoms. The highest BCUT2D eigenvalue weighted by molar-refractivity contribution is 5.53. The van der Waals surface area contributed by atoms with Crippen molar-refractivity contribution in [1.82, 2.24) is 0 Å². The van der Waals surface area contributed by atoms with Crippen molar-refractivity contribution < 1.29 is 28.6 Å². The molecule has 0 fully saturated rings. The average Bonchev–Trinajstić information content (AvgIpc) is 2.39. The molecule has 0 aliphatic heterocycles. The number of rotatable bonds is 9. The van der Waals surface area contributed by atoms with Crippen molar-refractivity contribution in [2.45, 2.75) is 20.8 Å². The van der Waals surface area contributed by atoms with Gasteiger partial charge in [-0.1, -0.05) is 0 Å². The van der Waals surface area contributed by atoms with E-state index in [1.165, 1.54) is 13.1 Å². The Labute approximate surface area is 116 Å². The smallest absolute Gasteiger partial charge is 0.251 e. The van der Waals surface area contributed by atoms with Gasteiger partial charge in [0.25, 0.3) is 6.16 Å². The van der Waals surface area contributed by atoms with Gasteiger partial charge >= 0.3 is 0 Å². The maximum Gasteiger partial charge on any atom is 0.251 e. The maximum atomic E-state index is 9.27. The Morgan fingerprint density at radius 1 is 1.11 bits per heavy atom. The van der Waals surface area contributed by atoms with Crippen LogP contribution in [0.4, 0.5) is 4.79 Å². The topological polar surface area (TPSA) is 67.8 Å². The minimum atomic E-state index is -1.46. The first-order valence-corrected chi connectivity index (χ1v) is 6.69. The lowest BCUT2D eigenvalue weighted by molar-refractivity contribution is -0.906. The van der Waals surface area contributed by atoms with Crippen LogP contribution < -0.4 is 5.11 Å². The Morgan fingerprint density at radius 2 is 1.68 bits per heavy atom. The van der Waals surface area contributed by atoms with Crippen LogP contribution in [0.3, 0.4) is 0 Å². The molecule has 0 amide bonds. The molecule has 0 aliphatic carbocycles. The summed E-state index contributed by atoms with van der Waals surface area (Å²) in [6.45, 7) is 11.9. The van der Waals surface area contributed by atoms with E-state index in [4.69, 9.17) is 9.47 Å². The monoisotopic (exact) mass is 279 g/mol. The van der Waals surface area contributed by atoms with E-state index in [1.54, 1.807) is 14.0 Å². The zero-order chi connectivity index (χ0) is 15.1. The maximum absolute atomic E-state index is 9.27. The van der Waals surface area contributed by atoms with Gasteiger partial charge in [0.15, 0.2) is 0 Å². The van der Waals surface area contributed by atoms with Crippen LogP contribution in [0.15, 0.2) is 0 Å². The molecule has 0 saturated carbocycles. The molecule has 6 nitrogen and oxygen atoms in total. The first kappa shape index (κ1) is 20.5. The second-order valence-corrected chi connectivity index (χ2v) is 4.26. The summed E-state index contributed by atoms with van der Waals surface area (Å²) >= 11 is 0. The molecule has 0 rings (SSSR count). The fourth-order valence-corrected chi connectivity index (χ4v) is 1.19. The number of hydrogen-bond donors (Lipinski definition) is 0. The fourth-order valence-electron chi connectivity index (χ4n) is 1.19. The Bertz CT molecular complexity index is 207. The number of carboxylic acid groups (broad SMARTS) is 1. The van der Waals surface area contributed by atoms with Gasteiger partial charge in [-0.2, -0.15) is 0 Å². The van der Waals surface area contributed by atoms with Crippen molar-refractivity contribution in [3.63, 3.8) is 0 Å².